The summed E-state index contributed by atoms with van der Waals surface area (Å²) in [5.41, 5.74) is 2.71. The Labute approximate surface area is 231 Å². The van der Waals surface area contributed by atoms with Gasteiger partial charge in [0.25, 0.3) is 0 Å². The van der Waals surface area contributed by atoms with Crippen molar-refractivity contribution in [1.29, 1.82) is 0 Å². The lowest BCUT2D eigenvalue weighted by molar-refractivity contribution is -0.148. The van der Waals surface area contributed by atoms with E-state index in [9.17, 15) is 13.2 Å². The lowest BCUT2D eigenvalue weighted by Gasteiger charge is -2.46. The van der Waals surface area contributed by atoms with Crippen LogP contribution in [0.15, 0.2) is 42.5 Å². The molecule has 0 spiro atoms. The first-order chi connectivity index (χ1) is 19.3. The monoisotopic (exact) mass is 560 g/mol. The first-order valence-corrected chi connectivity index (χ1v) is 14.1. The minimum atomic E-state index is -3.01. The highest BCUT2D eigenvalue weighted by Gasteiger charge is 2.46. The number of anilines is 1. The number of aromatic amines is 1. The third-order valence-corrected chi connectivity index (χ3v) is 8.48. The summed E-state index contributed by atoms with van der Waals surface area (Å²) in [4.78, 5) is 7.79. The van der Waals surface area contributed by atoms with E-state index >= 15 is 4.39 Å². The summed E-state index contributed by atoms with van der Waals surface area (Å²) in [7, 11) is 0. The van der Waals surface area contributed by atoms with Gasteiger partial charge >= 0.3 is 6.61 Å². The van der Waals surface area contributed by atoms with Crippen LogP contribution in [-0.2, 0) is 11.2 Å². The second kappa shape index (κ2) is 11.2. The van der Waals surface area contributed by atoms with Crippen LogP contribution in [0.5, 0.6) is 5.75 Å². The standard InChI is InChI=1S/C30H36F4N4O2/c1-19-13-24-22-5-2-3-6-25(22)36-27(24)28(38(19)16-30(34)17-39-18-30)23-8-7-20(14-26(23)40-29(32)33)35-21-9-12-37(15-21)11-4-10-31/h2-3,5-8,14,19,21,28-29,35-36H,4,9-13,15-18H2,1H3. The molecule has 3 atom stereocenters. The molecule has 0 amide bonds. The summed E-state index contributed by atoms with van der Waals surface area (Å²) in [6.07, 6.45) is 2.09. The first kappa shape index (κ1) is 27.4. The number of nitrogens with one attached hydrogen (secondary N) is 2. The maximum atomic E-state index is 15.5. The third-order valence-electron chi connectivity index (χ3n) is 8.48. The molecule has 4 heterocycles. The Kier molecular flexibility index (Phi) is 7.67. The van der Waals surface area contributed by atoms with Crippen LogP contribution in [0.1, 0.15) is 42.6 Å². The summed E-state index contributed by atoms with van der Waals surface area (Å²) >= 11 is 0. The molecule has 0 bridgehead atoms. The van der Waals surface area contributed by atoms with E-state index in [1.165, 1.54) is 0 Å². The topological polar surface area (TPSA) is 52.8 Å². The summed E-state index contributed by atoms with van der Waals surface area (Å²) in [5.74, 6) is 0.0683. The molecular formula is C30H36F4N4O2. The second-order valence-corrected chi connectivity index (χ2v) is 11.4. The number of likely N-dealkylation sites (tertiary alicyclic amines) is 1. The van der Waals surface area contributed by atoms with Gasteiger partial charge in [0.2, 0.25) is 0 Å². The minimum absolute atomic E-state index is 0.0233. The molecule has 0 saturated carbocycles. The van der Waals surface area contributed by atoms with Crippen LogP contribution >= 0.6 is 0 Å². The van der Waals surface area contributed by atoms with Crippen molar-refractivity contribution in [2.45, 2.75) is 56.6 Å². The molecule has 2 fully saturated rings. The molecule has 216 valence electrons. The Morgan fingerprint density at radius 1 is 1.20 bits per heavy atom. The normalized spacial score (nSPS) is 24.8. The molecule has 2 saturated heterocycles. The summed E-state index contributed by atoms with van der Waals surface area (Å²) in [5, 5.41) is 4.54. The van der Waals surface area contributed by atoms with Crippen molar-refractivity contribution >= 4 is 16.6 Å². The van der Waals surface area contributed by atoms with Gasteiger partial charge in [0.1, 0.15) is 5.75 Å². The molecule has 3 unspecified atom stereocenters. The van der Waals surface area contributed by atoms with Gasteiger partial charge in [0, 0.05) is 72.2 Å². The van der Waals surface area contributed by atoms with Crippen LogP contribution < -0.4 is 10.1 Å². The molecule has 3 aliphatic rings. The Morgan fingerprint density at radius 2 is 2.02 bits per heavy atom. The fourth-order valence-corrected chi connectivity index (χ4v) is 6.55. The Balaban J connectivity index is 1.37. The van der Waals surface area contributed by atoms with Crippen LogP contribution in [0.4, 0.5) is 23.2 Å². The zero-order chi connectivity index (χ0) is 27.9. The average Bonchev–Trinajstić information content (AvgIpc) is 3.51. The van der Waals surface area contributed by atoms with Crippen LogP contribution in [0, 0.1) is 0 Å². The highest BCUT2D eigenvalue weighted by Crippen LogP contribution is 2.45. The number of hydrogen-bond donors (Lipinski definition) is 2. The van der Waals surface area contributed by atoms with Crippen molar-refractivity contribution in [3.8, 4) is 5.75 Å². The maximum Gasteiger partial charge on any atom is 0.387 e. The van der Waals surface area contributed by atoms with Crippen molar-refractivity contribution in [1.82, 2.24) is 14.8 Å². The van der Waals surface area contributed by atoms with Crippen LogP contribution in [-0.4, -0.2) is 85.2 Å². The lowest BCUT2D eigenvalue weighted by atomic mass is 9.86. The molecule has 10 heteroatoms. The first-order valence-electron chi connectivity index (χ1n) is 14.1. The van der Waals surface area contributed by atoms with Gasteiger partial charge in [-0.2, -0.15) is 8.78 Å². The number of rotatable bonds is 10. The molecule has 6 nitrogen and oxygen atoms in total. The van der Waals surface area contributed by atoms with Gasteiger partial charge in [0.05, 0.1) is 25.9 Å². The van der Waals surface area contributed by atoms with Crippen molar-refractivity contribution in [2.75, 3.05) is 51.4 Å². The number of H-pyrrole nitrogens is 1. The van der Waals surface area contributed by atoms with E-state index in [-0.39, 0.29) is 44.3 Å². The Hall–Kier alpha value is -2.82. The molecular weight excluding hydrogens is 524 g/mol. The van der Waals surface area contributed by atoms with Gasteiger partial charge in [-0.25, -0.2) is 4.39 Å². The number of benzene rings is 2. The van der Waals surface area contributed by atoms with Gasteiger partial charge in [-0.1, -0.05) is 24.3 Å². The van der Waals surface area contributed by atoms with Gasteiger partial charge in [0.15, 0.2) is 5.67 Å². The predicted molar refractivity (Wildman–Crippen MR) is 147 cm³/mol. The lowest BCUT2D eigenvalue weighted by Crippen LogP contribution is -2.57. The Bertz CT molecular complexity index is 1330. The van der Waals surface area contributed by atoms with Crippen LogP contribution in [0.25, 0.3) is 10.9 Å². The maximum absolute atomic E-state index is 15.5. The fraction of sp³-hybridized carbons (Fsp3) is 0.533. The van der Waals surface area contributed by atoms with Crippen molar-refractivity contribution in [3.05, 3.63) is 59.3 Å². The summed E-state index contributed by atoms with van der Waals surface area (Å²) in [6, 6.07) is 12.9. The van der Waals surface area contributed by atoms with Crippen molar-refractivity contribution in [2.24, 2.45) is 0 Å². The summed E-state index contributed by atoms with van der Waals surface area (Å²) in [6.45, 7) is 1.21. The van der Waals surface area contributed by atoms with Crippen LogP contribution in [0.2, 0.25) is 0 Å². The van der Waals surface area contributed by atoms with Crippen LogP contribution in [0.3, 0.4) is 0 Å². The highest BCUT2D eigenvalue weighted by molar-refractivity contribution is 5.85. The van der Waals surface area contributed by atoms with E-state index < -0.39 is 18.3 Å². The van der Waals surface area contributed by atoms with Crippen molar-refractivity contribution in [3.63, 3.8) is 0 Å². The quantitative estimate of drug-likeness (QED) is 0.312. The van der Waals surface area contributed by atoms with Gasteiger partial charge < -0.3 is 24.7 Å². The SMILES string of the molecule is CC1Cc2c([nH]c3ccccc23)C(c2ccc(NC3CCN(CCCF)C3)cc2OC(F)F)N1CC1(F)COC1. The van der Waals surface area contributed by atoms with E-state index in [1.54, 1.807) is 6.07 Å². The minimum Gasteiger partial charge on any atom is -0.434 e. The predicted octanol–water partition coefficient (Wildman–Crippen LogP) is 5.69. The second-order valence-electron chi connectivity index (χ2n) is 11.4. The molecule has 40 heavy (non-hydrogen) atoms. The molecule has 1 aromatic heterocycles. The zero-order valence-corrected chi connectivity index (χ0v) is 22.6. The molecule has 2 N–H and O–H groups in total. The van der Waals surface area contributed by atoms with E-state index in [1.807, 2.05) is 30.3 Å². The zero-order valence-electron chi connectivity index (χ0n) is 22.6. The van der Waals surface area contributed by atoms with E-state index in [4.69, 9.17) is 9.47 Å². The largest absolute Gasteiger partial charge is 0.434 e. The molecule has 6 rings (SSSR count). The van der Waals surface area contributed by atoms with Gasteiger partial charge in [-0.15, -0.1) is 0 Å². The number of fused-ring (bicyclic) bond motifs is 3. The Morgan fingerprint density at radius 3 is 2.77 bits per heavy atom. The number of nitrogens with zero attached hydrogens (tertiary/aromatic N) is 2. The van der Waals surface area contributed by atoms with Gasteiger partial charge in [-0.3, -0.25) is 9.29 Å². The van der Waals surface area contributed by atoms with E-state index in [0.29, 0.717) is 30.6 Å². The van der Waals surface area contributed by atoms with Gasteiger partial charge in [-0.05, 0) is 43.9 Å². The number of ether oxygens (including phenoxy) is 2. The molecule has 0 aliphatic carbocycles. The third kappa shape index (κ3) is 5.41. The fourth-order valence-electron chi connectivity index (χ4n) is 6.55. The smallest absolute Gasteiger partial charge is 0.387 e. The van der Waals surface area contributed by atoms with E-state index in [0.717, 1.165) is 41.7 Å². The molecule has 0 radical (unpaired) electrons. The number of aromatic nitrogens is 1. The number of hydrogen-bond acceptors (Lipinski definition) is 5. The summed E-state index contributed by atoms with van der Waals surface area (Å²) < 4.78 is 65.9. The highest BCUT2D eigenvalue weighted by atomic mass is 19.3. The molecule has 2 aromatic carbocycles. The number of alkyl halides is 4. The molecule has 3 aliphatic heterocycles. The average molecular weight is 561 g/mol. The number of para-hydroxylation sites is 1. The van der Waals surface area contributed by atoms with Crippen molar-refractivity contribution < 1.29 is 27.0 Å². The molecule has 3 aromatic rings. The van der Waals surface area contributed by atoms with E-state index in [2.05, 4.69) is 33.1 Å². The number of halogens is 4.